The van der Waals surface area contributed by atoms with E-state index in [1.54, 1.807) is 0 Å². The van der Waals surface area contributed by atoms with Gasteiger partial charge in [-0.3, -0.25) is 0 Å². The molecule has 0 saturated carbocycles. The van der Waals surface area contributed by atoms with E-state index in [9.17, 15) is 0 Å². The van der Waals surface area contributed by atoms with Crippen LogP contribution in [0.2, 0.25) is 0 Å². The molecule has 0 amide bonds. The highest BCUT2D eigenvalue weighted by atomic mass is 32.1. The van der Waals surface area contributed by atoms with Gasteiger partial charge in [-0.25, -0.2) is 0 Å². The normalized spacial score (nSPS) is 12.5. The lowest BCUT2D eigenvalue weighted by Crippen LogP contribution is -1.79. The van der Waals surface area contributed by atoms with E-state index in [0.717, 1.165) is 0 Å². The standard InChI is InChI=1S/C28H14S3/c1-4-10-19-15(7-1)23-22(29-19)14-13-18-24(23)25-16-8-2-5-11-20(16)31-28(25)26-17-9-3-6-12-21(17)30-27(18)26/h1-14H. The van der Waals surface area contributed by atoms with Gasteiger partial charge in [0.15, 0.2) is 0 Å². The van der Waals surface area contributed by atoms with Crippen molar-refractivity contribution >= 4 is 105 Å². The molecule has 3 heterocycles. The van der Waals surface area contributed by atoms with Gasteiger partial charge in [0.25, 0.3) is 0 Å². The molecule has 0 bridgehead atoms. The van der Waals surface area contributed by atoms with Crippen molar-refractivity contribution in [3.05, 3.63) is 84.9 Å². The van der Waals surface area contributed by atoms with Gasteiger partial charge in [0.1, 0.15) is 0 Å². The Morgan fingerprint density at radius 1 is 0.323 bits per heavy atom. The van der Waals surface area contributed by atoms with Crippen LogP contribution >= 0.6 is 34.0 Å². The van der Waals surface area contributed by atoms with Crippen LogP contribution in [-0.4, -0.2) is 0 Å². The van der Waals surface area contributed by atoms with Gasteiger partial charge in [0.05, 0.1) is 0 Å². The molecule has 0 spiro atoms. The average Bonchev–Trinajstić information content (AvgIpc) is 3.49. The van der Waals surface area contributed by atoms with Gasteiger partial charge in [0.2, 0.25) is 0 Å². The molecule has 0 radical (unpaired) electrons. The molecule has 0 nitrogen and oxygen atoms in total. The first-order valence-electron chi connectivity index (χ1n) is 10.4. The van der Waals surface area contributed by atoms with E-state index in [0.29, 0.717) is 0 Å². The smallest absolute Gasteiger partial charge is 0.0455 e. The van der Waals surface area contributed by atoms with Crippen molar-refractivity contribution in [2.45, 2.75) is 0 Å². The second-order valence-corrected chi connectivity index (χ2v) is 11.3. The van der Waals surface area contributed by atoms with Crippen LogP contribution in [0.4, 0.5) is 0 Å². The monoisotopic (exact) mass is 446 g/mol. The van der Waals surface area contributed by atoms with Crippen molar-refractivity contribution in [2.75, 3.05) is 0 Å². The molecular weight excluding hydrogens is 433 g/mol. The van der Waals surface area contributed by atoms with Gasteiger partial charge < -0.3 is 0 Å². The SMILES string of the molecule is c1ccc2c(c1)sc1c3ccc4sc5ccccc5c4c3c3c4ccccc4sc3c21. The largest absolute Gasteiger partial charge is 0.135 e. The fraction of sp³-hybridized carbons (Fsp3) is 0. The average molecular weight is 447 g/mol. The van der Waals surface area contributed by atoms with Crippen LogP contribution < -0.4 is 0 Å². The fourth-order valence-electron chi connectivity index (χ4n) is 5.20. The van der Waals surface area contributed by atoms with E-state index in [4.69, 9.17) is 0 Å². The summed E-state index contributed by atoms with van der Waals surface area (Å²) >= 11 is 5.80. The molecule has 31 heavy (non-hydrogen) atoms. The van der Waals surface area contributed by atoms with Gasteiger partial charge in [-0.2, -0.15) is 0 Å². The van der Waals surface area contributed by atoms with E-state index in [1.807, 2.05) is 34.0 Å². The molecule has 8 rings (SSSR count). The van der Waals surface area contributed by atoms with E-state index >= 15 is 0 Å². The third-order valence-electron chi connectivity index (χ3n) is 6.46. The fourth-order valence-corrected chi connectivity index (χ4v) is 8.89. The second kappa shape index (κ2) is 5.83. The van der Waals surface area contributed by atoms with Gasteiger partial charge in [-0.1, -0.05) is 60.7 Å². The summed E-state index contributed by atoms with van der Waals surface area (Å²) in [5, 5.41) is 11.3. The minimum absolute atomic E-state index is 1.37. The molecule has 5 aromatic carbocycles. The second-order valence-electron chi connectivity index (χ2n) is 8.06. The van der Waals surface area contributed by atoms with E-state index in [1.165, 1.54) is 71.3 Å². The molecule has 0 aliphatic rings. The first-order valence-corrected chi connectivity index (χ1v) is 12.8. The summed E-state index contributed by atoms with van der Waals surface area (Å²) in [6, 6.07) is 31.4. The number of benzene rings is 5. The molecule has 0 unspecified atom stereocenters. The van der Waals surface area contributed by atoms with E-state index in [-0.39, 0.29) is 0 Å². The zero-order valence-corrected chi connectivity index (χ0v) is 18.8. The number of rotatable bonds is 0. The van der Waals surface area contributed by atoms with Crippen molar-refractivity contribution < 1.29 is 0 Å². The molecule has 0 atom stereocenters. The molecule has 8 aromatic rings. The maximum Gasteiger partial charge on any atom is 0.0455 e. The Morgan fingerprint density at radius 3 is 1.58 bits per heavy atom. The molecule has 0 saturated heterocycles. The van der Waals surface area contributed by atoms with Crippen LogP contribution in [0.1, 0.15) is 0 Å². The highest BCUT2D eigenvalue weighted by Crippen LogP contribution is 2.52. The molecule has 0 fully saturated rings. The van der Waals surface area contributed by atoms with Gasteiger partial charge >= 0.3 is 0 Å². The number of thiophene rings is 3. The Balaban J connectivity index is 1.82. The van der Waals surface area contributed by atoms with Crippen molar-refractivity contribution in [3.63, 3.8) is 0 Å². The molecule has 0 aliphatic carbocycles. The molecule has 3 aromatic heterocycles. The lowest BCUT2D eigenvalue weighted by molar-refractivity contribution is 1.87. The maximum atomic E-state index is 2.37. The third kappa shape index (κ3) is 2.04. The first-order chi connectivity index (χ1) is 15.4. The summed E-state index contributed by atoms with van der Waals surface area (Å²) in [5.41, 5.74) is 0. The molecule has 3 heteroatoms. The minimum Gasteiger partial charge on any atom is -0.135 e. The number of fused-ring (bicyclic) bond motifs is 14. The highest BCUT2D eigenvalue weighted by molar-refractivity contribution is 7.31. The highest BCUT2D eigenvalue weighted by Gasteiger charge is 2.20. The van der Waals surface area contributed by atoms with Gasteiger partial charge in [-0.15, -0.1) is 34.0 Å². The van der Waals surface area contributed by atoms with Gasteiger partial charge in [-0.05, 0) is 24.3 Å². The summed E-state index contributed by atoms with van der Waals surface area (Å²) in [6.07, 6.45) is 0. The van der Waals surface area contributed by atoms with Crippen molar-refractivity contribution in [1.82, 2.24) is 0 Å². The quantitative estimate of drug-likeness (QED) is 0.217. The van der Waals surface area contributed by atoms with Crippen LogP contribution in [0.25, 0.3) is 71.3 Å². The third-order valence-corrected chi connectivity index (χ3v) is 9.98. The van der Waals surface area contributed by atoms with E-state index < -0.39 is 0 Å². The number of hydrogen-bond donors (Lipinski definition) is 0. The lowest BCUT2D eigenvalue weighted by atomic mass is 9.96. The molecular formula is C28H14S3. The zero-order valence-electron chi connectivity index (χ0n) is 16.3. The Morgan fingerprint density at radius 2 is 0.871 bits per heavy atom. The van der Waals surface area contributed by atoms with Crippen molar-refractivity contribution in [2.24, 2.45) is 0 Å². The summed E-state index contributed by atoms with van der Waals surface area (Å²) in [4.78, 5) is 0. The number of hydrogen-bond acceptors (Lipinski definition) is 3. The van der Waals surface area contributed by atoms with Gasteiger partial charge in [0, 0.05) is 71.3 Å². The molecule has 144 valence electrons. The minimum atomic E-state index is 1.37. The molecule has 0 aliphatic heterocycles. The van der Waals surface area contributed by atoms with Crippen LogP contribution in [0.15, 0.2) is 84.9 Å². The first kappa shape index (κ1) is 16.7. The summed E-state index contributed by atoms with van der Waals surface area (Å²) < 4.78 is 8.35. The predicted molar refractivity (Wildman–Crippen MR) is 143 cm³/mol. The van der Waals surface area contributed by atoms with Crippen LogP contribution in [0, 0.1) is 0 Å². The Kier molecular flexibility index (Phi) is 3.14. The summed E-state index contributed by atoms with van der Waals surface area (Å²) in [5.74, 6) is 0. The lowest BCUT2D eigenvalue weighted by Gasteiger charge is -2.07. The summed E-state index contributed by atoms with van der Waals surface area (Å²) in [6.45, 7) is 0. The Hall–Kier alpha value is -2.98. The van der Waals surface area contributed by atoms with Crippen LogP contribution in [0.3, 0.4) is 0 Å². The molecule has 0 N–H and O–H groups in total. The maximum absolute atomic E-state index is 2.37. The Bertz CT molecular complexity index is 2000. The van der Waals surface area contributed by atoms with Crippen molar-refractivity contribution in [1.29, 1.82) is 0 Å². The van der Waals surface area contributed by atoms with Crippen LogP contribution in [-0.2, 0) is 0 Å². The van der Waals surface area contributed by atoms with Crippen molar-refractivity contribution in [3.8, 4) is 0 Å². The topological polar surface area (TPSA) is 0 Å². The predicted octanol–water partition coefficient (Wildman–Crippen LogP) is 9.94. The Labute approximate surface area is 189 Å². The zero-order chi connectivity index (χ0) is 20.1. The summed E-state index contributed by atoms with van der Waals surface area (Å²) in [7, 11) is 0. The van der Waals surface area contributed by atoms with Crippen LogP contribution in [0.5, 0.6) is 0 Å². The van der Waals surface area contributed by atoms with E-state index in [2.05, 4.69) is 84.9 Å².